The van der Waals surface area contributed by atoms with Crippen molar-refractivity contribution in [2.75, 3.05) is 13.1 Å². The Morgan fingerprint density at radius 1 is 1.25 bits per heavy atom. The van der Waals surface area contributed by atoms with Crippen LogP contribution in [0.1, 0.15) is 24.0 Å². The quantitative estimate of drug-likeness (QED) is 0.328. The van der Waals surface area contributed by atoms with E-state index >= 15 is 0 Å². The Hall–Kier alpha value is -3.29. The molecule has 0 bridgehead atoms. The Morgan fingerprint density at radius 3 is 2.66 bits per heavy atom. The summed E-state index contributed by atoms with van der Waals surface area (Å²) in [4.78, 5) is 30.9. The second kappa shape index (κ2) is 10.8. The van der Waals surface area contributed by atoms with Gasteiger partial charge in [-0.15, -0.1) is 0 Å². The maximum absolute atomic E-state index is 13.4. The van der Waals surface area contributed by atoms with E-state index in [0.717, 1.165) is 5.56 Å². The van der Waals surface area contributed by atoms with E-state index in [1.807, 2.05) is 11.5 Å². The lowest BCUT2D eigenvalue weighted by atomic mass is 9.92. The van der Waals surface area contributed by atoms with Crippen LogP contribution in [0, 0.1) is 23.1 Å². The third-order valence-electron chi connectivity index (χ3n) is 5.14. The summed E-state index contributed by atoms with van der Waals surface area (Å²) in [5.74, 6) is -1.48. The minimum Gasteiger partial charge on any atom is -0.334 e. The molecule has 0 radical (unpaired) electrons. The molecule has 0 aromatic heterocycles. The van der Waals surface area contributed by atoms with Crippen LogP contribution in [-0.2, 0) is 11.3 Å². The van der Waals surface area contributed by atoms with Crippen molar-refractivity contribution in [3.63, 3.8) is 0 Å². The zero-order valence-electron chi connectivity index (χ0n) is 17.0. The number of amides is 2. The molecule has 1 aliphatic rings. The number of rotatable bonds is 5. The van der Waals surface area contributed by atoms with Crippen molar-refractivity contribution in [3.8, 4) is 6.07 Å². The van der Waals surface area contributed by atoms with Gasteiger partial charge in [-0.25, -0.2) is 19.7 Å². The van der Waals surface area contributed by atoms with Gasteiger partial charge in [0.1, 0.15) is 5.82 Å². The van der Waals surface area contributed by atoms with Crippen molar-refractivity contribution in [1.29, 1.82) is 5.26 Å². The maximum atomic E-state index is 13.4. The zero-order valence-corrected chi connectivity index (χ0v) is 18.6. The molecule has 166 valence electrons. The Balaban J connectivity index is 1.54. The van der Waals surface area contributed by atoms with Gasteiger partial charge >= 0.3 is 6.03 Å². The molecule has 1 saturated heterocycles. The molecule has 3 N–H and O–H groups in total. The number of nitrogens with one attached hydrogen (secondary N) is 2. The molecule has 2 amide bonds. The highest BCUT2D eigenvalue weighted by Gasteiger charge is 2.30. The number of likely N-dealkylation sites (tertiary alicyclic amines) is 1. The summed E-state index contributed by atoms with van der Waals surface area (Å²) in [5.41, 5.74) is 3.50. The predicted molar refractivity (Wildman–Crippen MR) is 119 cm³/mol. The van der Waals surface area contributed by atoms with E-state index in [1.165, 1.54) is 18.2 Å². The molecular weight excluding hydrogens is 481 g/mol. The summed E-state index contributed by atoms with van der Waals surface area (Å²) in [6, 6.07) is 12.8. The first-order valence-corrected chi connectivity index (χ1v) is 10.7. The monoisotopic (exact) mass is 501 g/mol. The molecule has 0 unspecified atom stereocenters. The molecule has 2 aromatic rings. The van der Waals surface area contributed by atoms with Crippen LogP contribution in [0.15, 0.2) is 51.9 Å². The highest BCUT2D eigenvalue weighted by atomic mass is 79.9. The van der Waals surface area contributed by atoms with E-state index in [2.05, 4.69) is 32.3 Å². The first-order valence-electron chi connectivity index (χ1n) is 9.91. The number of urea groups is 1. The van der Waals surface area contributed by atoms with Gasteiger partial charge < -0.3 is 10.2 Å². The average Bonchev–Trinajstić information content (AvgIpc) is 2.83. The second-order valence-corrected chi connectivity index (χ2v) is 8.12. The smallest absolute Gasteiger partial charge is 0.317 e. The molecule has 10 heteroatoms. The molecule has 2 aromatic carbocycles. The van der Waals surface area contributed by atoms with Crippen molar-refractivity contribution in [2.24, 2.45) is 10.9 Å². The maximum Gasteiger partial charge on any atom is 0.317 e. The summed E-state index contributed by atoms with van der Waals surface area (Å²) in [7, 11) is 0. The van der Waals surface area contributed by atoms with Gasteiger partial charge in [-0.1, -0.05) is 12.1 Å². The summed E-state index contributed by atoms with van der Waals surface area (Å²) in [5, 5.41) is 21.2. The number of piperidine rings is 1. The SMILES string of the molecule is N#Cc1cccc(CNC(=O)N2CCC(C(=O)C(=Nc3ccc(F)c(Br)c3)NO)CC2)c1. The normalized spacial score (nSPS) is 14.6. The van der Waals surface area contributed by atoms with Crippen molar-refractivity contribution < 1.29 is 19.2 Å². The van der Waals surface area contributed by atoms with E-state index in [9.17, 15) is 19.2 Å². The lowest BCUT2D eigenvalue weighted by molar-refractivity contribution is -0.118. The number of carbonyl (C=O) groups is 2. The highest BCUT2D eigenvalue weighted by Crippen LogP contribution is 2.24. The van der Waals surface area contributed by atoms with E-state index in [-0.39, 0.29) is 22.1 Å². The van der Waals surface area contributed by atoms with E-state index in [0.29, 0.717) is 43.7 Å². The molecule has 0 spiro atoms. The first kappa shape index (κ1) is 23.4. The molecule has 0 atom stereocenters. The number of carbonyl (C=O) groups excluding carboxylic acids is 2. The number of benzene rings is 2. The van der Waals surface area contributed by atoms with Crippen LogP contribution in [-0.4, -0.2) is 40.8 Å². The number of nitriles is 1. The fourth-order valence-corrected chi connectivity index (χ4v) is 3.76. The number of aliphatic imine (C=N–C) groups is 1. The molecule has 0 saturated carbocycles. The van der Waals surface area contributed by atoms with Crippen LogP contribution in [0.3, 0.4) is 0 Å². The number of amidine groups is 1. The number of hydrogen-bond donors (Lipinski definition) is 3. The lowest BCUT2D eigenvalue weighted by Crippen LogP contribution is -2.46. The van der Waals surface area contributed by atoms with Gasteiger partial charge in [0.05, 0.1) is 21.8 Å². The van der Waals surface area contributed by atoms with Crippen LogP contribution in [0.25, 0.3) is 0 Å². The molecule has 0 aliphatic carbocycles. The lowest BCUT2D eigenvalue weighted by Gasteiger charge is -2.31. The highest BCUT2D eigenvalue weighted by molar-refractivity contribution is 9.10. The van der Waals surface area contributed by atoms with Gasteiger partial charge in [0.15, 0.2) is 5.84 Å². The minimum absolute atomic E-state index is 0.196. The Morgan fingerprint density at radius 2 is 2.00 bits per heavy atom. The van der Waals surface area contributed by atoms with Gasteiger partial charge in [-0.2, -0.15) is 5.26 Å². The van der Waals surface area contributed by atoms with E-state index in [4.69, 9.17) is 5.26 Å². The van der Waals surface area contributed by atoms with Crippen molar-refractivity contribution in [1.82, 2.24) is 15.7 Å². The fraction of sp³-hybridized carbons (Fsp3) is 0.273. The molecule has 32 heavy (non-hydrogen) atoms. The third kappa shape index (κ3) is 5.90. The summed E-state index contributed by atoms with van der Waals surface area (Å²) >= 11 is 3.06. The van der Waals surface area contributed by atoms with Crippen LogP contribution in [0.2, 0.25) is 0 Å². The number of nitrogens with zero attached hydrogens (tertiary/aromatic N) is 3. The Labute approximate surface area is 192 Å². The van der Waals surface area contributed by atoms with Crippen LogP contribution < -0.4 is 10.8 Å². The minimum atomic E-state index is -0.461. The summed E-state index contributed by atoms with van der Waals surface area (Å²) in [6.45, 7) is 1.05. The molecule has 8 nitrogen and oxygen atoms in total. The Kier molecular flexibility index (Phi) is 7.92. The topological polar surface area (TPSA) is 118 Å². The number of hydroxylamine groups is 1. The number of halogens is 2. The van der Waals surface area contributed by atoms with E-state index < -0.39 is 11.7 Å². The Bertz CT molecular complexity index is 1080. The predicted octanol–water partition coefficient (Wildman–Crippen LogP) is 3.66. The number of ketones is 1. The molecule has 3 rings (SSSR count). The standard InChI is InChI=1S/C22H21BrFN5O3/c23-18-11-17(4-5-19(18)24)27-21(28-32)20(30)16-6-8-29(9-7-16)22(31)26-13-15-3-1-2-14(10-15)12-25/h1-5,10-11,16,32H,6-9,13H2,(H,26,31)(H,27,28). The van der Waals surface area contributed by atoms with Gasteiger partial charge in [-0.3, -0.25) is 10.0 Å². The zero-order chi connectivity index (χ0) is 23.1. The molecular formula is C22H21BrFN5O3. The van der Waals surface area contributed by atoms with Gasteiger partial charge in [-0.05, 0) is 64.7 Å². The van der Waals surface area contributed by atoms with Gasteiger partial charge in [0, 0.05) is 25.6 Å². The molecule has 1 aliphatic heterocycles. The number of hydrogen-bond acceptors (Lipinski definition) is 5. The molecule has 1 fully saturated rings. The number of Topliss-reactive ketones (excluding diaryl/α,β-unsaturated/α-hetero) is 1. The van der Waals surface area contributed by atoms with Crippen molar-refractivity contribution in [3.05, 3.63) is 63.9 Å². The van der Waals surface area contributed by atoms with Crippen LogP contribution >= 0.6 is 15.9 Å². The summed E-state index contributed by atoms with van der Waals surface area (Å²) in [6.07, 6.45) is 0.841. The van der Waals surface area contributed by atoms with Crippen molar-refractivity contribution in [2.45, 2.75) is 19.4 Å². The van der Waals surface area contributed by atoms with E-state index in [1.54, 1.807) is 23.1 Å². The fourth-order valence-electron chi connectivity index (χ4n) is 3.40. The van der Waals surface area contributed by atoms with Gasteiger partial charge in [0.25, 0.3) is 0 Å². The van der Waals surface area contributed by atoms with Crippen molar-refractivity contribution >= 4 is 39.3 Å². The van der Waals surface area contributed by atoms with Crippen LogP contribution in [0.4, 0.5) is 14.9 Å². The summed E-state index contributed by atoms with van der Waals surface area (Å²) < 4.78 is 13.6. The molecule has 1 heterocycles. The first-order chi connectivity index (χ1) is 15.4. The van der Waals surface area contributed by atoms with Crippen LogP contribution in [0.5, 0.6) is 0 Å². The van der Waals surface area contributed by atoms with Gasteiger partial charge in [0.2, 0.25) is 5.78 Å². The largest absolute Gasteiger partial charge is 0.334 e. The second-order valence-electron chi connectivity index (χ2n) is 7.27. The third-order valence-corrected chi connectivity index (χ3v) is 5.74. The average molecular weight is 502 g/mol.